The number of rotatable bonds is 1. The fraction of sp³-hybridized carbons (Fsp3) is 0.125. The summed E-state index contributed by atoms with van der Waals surface area (Å²) >= 11 is 5.90. The van der Waals surface area contributed by atoms with Crippen LogP contribution in [0.3, 0.4) is 0 Å². The van der Waals surface area contributed by atoms with Crippen LogP contribution in [0.2, 0.25) is 0 Å². The molecule has 1 unspecified atom stereocenters. The monoisotopic (exact) mass is 368 g/mol. The molecule has 0 bridgehead atoms. The molecule has 2 rings (SSSR count). The van der Waals surface area contributed by atoms with Crippen molar-refractivity contribution in [1.29, 1.82) is 0 Å². The normalized spacial score (nSPS) is 11.9. The molecule has 0 aliphatic heterocycles. The summed E-state index contributed by atoms with van der Waals surface area (Å²) in [7, 11) is 0. The molecule has 5 heteroatoms. The summed E-state index contributed by atoms with van der Waals surface area (Å²) in [6.45, 7) is 2.09. The zero-order chi connectivity index (χ0) is 9.42. The van der Waals surface area contributed by atoms with E-state index < -0.39 is 0 Å². The summed E-state index contributed by atoms with van der Waals surface area (Å²) in [5, 5.41) is 5.51. The van der Waals surface area contributed by atoms with E-state index in [1.807, 2.05) is 10.6 Å². The molecule has 0 amide bonds. The first kappa shape index (κ1) is 9.87. The third-order valence-electron chi connectivity index (χ3n) is 1.96. The van der Waals surface area contributed by atoms with E-state index in [2.05, 4.69) is 62.1 Å². The zero-order valence-corrected chi connectivity index (χ0v) is 11.6. The van der Waals surface area contributed by atoms with E-state index in [1.165, 1.54) is 16.5 Å². The van der Waals surface area contributed by atoms with Crippen molar-refractivity contribution in [1.82, 2.24) is 9.55 Å². The molecule has 0 fully saturated rings. The van der Waals surface area contributed by atoms with Gasteiger partial charge in [0.25, 0.3) is 0 Å². The molecular weight excluding hydrogens is 362 g/mol. The number of aromatic nitrogens is 2. The van der Waals surface area contributed by atoms with Gasteiger partial charge in [0.2, 0.25) is 0 Å². The smallest absolute Gasteiger partial charge is 0.0741 e. The Morgan fingerprint density at radius 3 is 3.00 bits per heavy atom. The third-order valence-corrected chi connectivity index (χ3v) is 4.90. The van der Waals surface area contributed by atoms with Crippen molar-refractivity contribution in [2.45, 2.75) is 6.92 Å². The Bertz CT molecular complexity index is 455. The fourth-order valence-corrected chi connectivity index (χ4v) is 3.22. The molecule has 2 aromatic rings. The molecule has 13 heavy (non-hydrogen) atoms. The number of hydrogen-bond donors (Lipinski definition) is 0. The van der Waals surface area contributed by atoms with Gasteiger partial charge >= 0.3 is 0 Å². The Morgan fingerprint density at radius 2 is 2.31 bits per heavy atom. The second kappa shape index (κ2) is 3.83. The number of hydrogen-bond acceptors (Lipinski definition) is 1. The molecule has 1 heterocycles. The van der Waals surface area contributed by atoms with Crippen molar-refractivity contribution >= 4 is 55.2 Å². The average molecular weight is 369 g/mol. The highest BCUT2D eigenvalue weighted by atomic mass is 127. The van der Waals surface area contributed by atoms with Gasteiger partial charge in [-0.05, 0) is 56.5 Å². The zero-order valence-electron chi connectivity index (χ0n) is 6.88. The first-order valence-electron chi connectivity index (χ1n) is 3.73. The molecule has 0 aliphatic rings. The van der Waals surface area contributed by atoms with Gasteiger partial charge in [-0.3, -0.25) is 0 Å². The summed E-state index contributed by atoms with van der Waals surface area (Å²) in [5.74, 6) is 0. The Labute approximate surface area is 99.5 Å². The number of nitrogens with zero attached hydrogens (tertiary/aromatic N) is 2. The molecule has 0 N–H and O–H groups in total. The number of aryl methyl sites for hydroxylation is 1. The fourth-order valence-electron chi connectivity index (χ4n) is 1.24. The molecule has 0 saturated heterocycles. The maximum absolute atomic E-state index is 4.31. The lowest BCUT2D eigenvalue weighted by atomic mass is 10.2. The van der Waals surface area contributed by atoms with E-state index in [-0.39, 0.29) is 0 Å². The van der Waals surface area contributed by atoms with Crippen LogP contribution in [0.5, 0.6) is 0 Å². The minimum Gasteiger partial charge on any atom is -0.237 e. The lowest BCUT2D eigenvalue weighted by Crippen LogP contribution is -1.82. The summed E-state index contributed by atoms with van der Waals surface area (Å²) < 4.78 is 3.17. The average Bonchev–Trinajstić information content (AvgIpc) is 2.55. The largest absolute Gasteiger partial charge is 0.237 e. The summed E-state index contributed by atoms with van der Waals surface area (Å²) in [5.41, 5.74) is 2.45. The van der Waals surface area contributed by atoms with Crippen molar-refractivity contribution in [3.05, 3.63) is 28.4 Å². The molecule has 2 nitrogen and oxygen atoms in total. The summed E-state index contributed by atoms with van der Waals surface area (Å²) in [6.07, 6.45) is 2.57. The maximum Gasteiger partial charge on any atom is 0.0741 e. The highest BCUT2D eigenvalue weighted by molar-refractivity contribution is 14.2. The number of fused-ring (bicyclic) bond motifs is 1. The SMILES string of the molecule is Cc1ccc2c(cnn2PI)c1Br. The first-order valence-corrected chi connectivity index (χ1v) is 8.59. The molecule has 0 radical (unpaired) electrons. The Morgan fingerprint density at radius 1 is 1.54 bits per heavy atom. The van der Waals surface area contributed by atoms with Crippen LogP contribution >= 0.6 is 44.3 Å². The summed E-state index contributed by atoms with van der Waals surface area (Å²) in [6, 6.07) is 4.23. The van der Waals surface area contributed by atoms with E-state index in [9.17, 15) is 0 Å². The van der Waals surface area contributed by atoms with Crippen LogP contribution in [0.15, 0.2) is 22.8 Å². The van der Waals surface area contributed by atoms with Crippen LogP contribution in [-0.4, -0.2) is 9.55 Å². The Hall–Kier alpha value is 0.330. The van der Waals surface area contributed by atoms with Crippen LogP contribution in [0.25, 0.3) is 10.9 Å². The molecule has 0 saturated carbocycles. The predicted octanol–water partition coefficient (Wildman–Crippen LogP) is 3.90. The lowest BCUT2D eigenvalue weighted by molar-refractivity contribution is 1.04. The second-order valence-electron chi connectivity index (χ2n) is 2.77. The van der Waals surface area contributed by atoms with Gasteiger partial charge in [0.05, 0.1) is 18.1 Å². The van der Waals surface area contributed by atoms with E-state index >= 15 is 0 Å². The Balaban J connectivity index is 2.81. The van der Waals surface area contributed by atoms with E-state index in [0.717, 1.165) is 4.47 Å². The molecule has 0 aliphatic carbocycles. The molecule has 1 aromatic carbocycles. The minimum absolute atomic E-state index is 0.656. The van der Waals surface area contributed by atoms with Gasteiger partial charge in [-0.25, -0.2) is 4.45 Å². The van der Waals surface area contributed by atoms with Crippen molar-refractivity contribution in [2.75, 3.05) is 0 Å². The maximum atomic E-state index is 4.31. The molecular formula is C8H7BrIN2P. The lowest BCUT2D eigenvalue weighted by Gasteiger charge is -2.00. The van der Waals surface area contributed by atoms with E-state index in [1.54, 1.807) is 0 Å². The van der Waals surface area contributed by atoms with Gasteiger partial charge in [0.1, 0.15) is 0 Å². The third kappa shape index (κ3) is 1.64. The quantitative estimate of drug-likeness (QED) is 0.551. The van der Waals surface area contributed by atoms with Gasteiger partial charge in [0, 0.05) is 9.86 Å². The van der Waals surface area contributed by atoms with Crippen molar-refractivity contribution in [3.63, 3.8) is 0 Å². The van der Waals surface area contributed by atoms with E-state index in [4.69, 9.17) is 0 Å². The van der Waals surface area contributed by atoms with Crippen molar-refractivity contribution < 1.29 is 0 Å². The predicted molar refractivity (Wildman–Crippen MR) is 69.9 cm³/mol. The highest BCUT2D eigenvalue weighted by Crippen LogP contribution is 2.32. The van der Waals surface area contributed by atoms with Gasteiger partial charge in [-0.2, -0.15) is 5.10 Å². The Kier molecular flexibility index (Phi) is 2.91. The van der Waals surface area contributed by atoms with Gasteiger partial charge in [0.15, 0.2) is 0 Å². The molecule has 68 valence electrons. The topological polar surface area (TPSA) is 17.8 Å². The van der Waals surface area contributed by atoms with Crippen LogP contribution < -0.4 is 0 Å². The van der Waals surface area contributed by atoms with Gasteiger partial charge in [-0.15, -0.1) is 0 Å². The summed E-state index contributed by atoms with van der Waals surface area (Å²) in [4.78, 5) is 0. The standard InChI is InChI=1S/C8H7BrIN2P/c1-5-2-3-7-6(8(5)9)4-11-12(7)13-10/h2-4,13H,1H3. The molecule has 1 atom stereocenters. The van der Waals surface area contributed by atoms with Crippen LogP contribution in [0.1, 0.15) is 5.56 Å². The van der Waals surface area contributed by atoms with Crippen molar-refractivity contribution in [2.24, 2.45) is 0 Å². The number of benzene rings is 1. The van der Waals surface area contributed by atoms with Gasteiger partial charge < -0.3 is 0 Å². The molecule has 1 aromatic heterocycles. The second-order valence-corrected chi connectivity index (χ2v) is 5.60. The van der Waals surface area contributed by atoms with Crippen molar-refractivity contribution in [3.8, 4) is 0 Å². The first-order chi connectivity index (χ1) is 6.24. The van der Waals surface area contributed by atoms with Crippen LogP contribution in [0, 0.1) is 6.92 Å². The minimum atomic E-state index is 0.656. The highest BCUT2D eigenvalue weighted by Gasteiger charge is 2.06. The van der Waals surface area contributed by atoms with E-state index in [0.29, 0.717) is 6.37 Å². The van der Waals surface area contributed by atoms with Crippen LogP contribution in [0.4, 0.5) is 0 Å². The van der Waals surface area contributed by atoms with Gasteiger partial charge in [-0.1, -0.05) is 6.07 Å². The van der Waals surface area contributed by atoms with Crippen LogP contribution in [-0.2, 0) is 0 Å². The number of halogens is 2. The molecule has 0 spiro atoms.